The Morgan fingerprint density at radius 2 is 1.61 bits per heavy atom. The summed E-state index contributed by atoms with van der Waals surface area (Å²) in [6, 6.07) is 11.6. The summed E-state index contributed by atoms with van der Waals surface area (Å²) in [7, 11) is 0. The van der Waals surface area contributed by atoms with Gasteiger partial charge in [0, 0.05) is 24.3 Å². The SMILES string of the molecule is OCCN(CCO)c1ccc(-c2ccco2)cc1. The first-order chi connectivity index (χ1) is 8.85. The zero-order valence-corrected chi connectivity index (χ0v) is 10.1. The number of hydrogen-bond acceptors (Lipinski definition) is 4. The number of benzene rings is 1. The number of aliphatic hydroxyl groups is 2. The summed E-state index contributed by atoms with van der Waals surface area (Å²) in [4.78, 5) is 1.94. The van der Waals surface area contributed by atoms with E-state index in [1.54, 1.807) is 6.26 Å². The van der Waals surface area contributed by atoms with Crippen LogP contribution in [0.3, 0.4) is 0 Å². The Balaban J connectivity index is 2.15. The Bertz CT molecular complexity index is 444. The molecule has 0 saturated carbocycles. The van der Waals surface area contributed by atoms with Crippen LogP contribution >= 0.6 is 0 Å². The minimum absolute atomic E-state index is 0.0694. The van der Waals surface area contributed by atoms with Gasteiger partial charge in [-0.25, -0.2) is 0 Å². The number of aliphatic hydroxyl groups excluding tert-OH is 2. The van der Waals surface area contributed by atoms with E-state index in [-0.39, 0.29) is 13.2 Å². The molecule has 0 aliphatic heterocycles. The van der Waals surface area contributed by atoms with Crippen molar-refractivity contribution in [3.8, 4) is 11.3 Å². The van der Waals surface area contributed by atoms with Crippen molar-refractivity contribution in [1.29, 1.82) is 0 Å². The average Bonchev–Trinajstić information content (AvgIpc) is 2.93. The molecule has 1 aromatic heterocycles. The third-order valence-corrected chi connectivity index (χ3v) is 2.78. The van der Waals surface area contributed by atoms with Gasteiger partial charge in [-0.15, -0.1) is 0 Å². The average molecular weight is 247 g/mol. The zero-order valence-electron chi connectivity index (χ0n) is 10.1. The third-order valence-electron chi connectivity index (χ3n) is 2.78. The molecule has 0 saturated heterocycles. The molecule has 2 aromatic rings. The van der Waals surface area contributed by atoms with Gasteiger partial charge in [0.2, 0.25) is 0 Å². The minimum Gasteiger partial charge on any atom is -0.464 e. The number of furan rings is 1. The number of hydrogen-bond donors (Lipinski definition) is 2. The smallest absolute Gasteiger partial charge is 0.133 e. The van der Waals surface area contributed by atoms with Crippen LogP contribution in [-0.2, 0) is 0 Å². The van der Waals surface area contributed by atoms with Crippen molar-refractivity contribution in [2.45, 2.75) is 0 Å². The molecule has 0 amide bonds. The molecule has 0 aliphatic carbocycles. The van der Waals surface area contributed by atoms with E-state index in [9.17, 15) is 0 Å². The molecule has 0 bridgehead atoms. The molecule has 0 atom stereocenters. The summed E-state index contributed by atoms with van der Waals surface area (Å²) in [6.45, 7) is 1.17. The van der Waals surface area contributed by atoms with E-state index in [0.717, 1.165) is 17.0 Å². The maximum atomic E-state index is 8.99. The monoisotopic (exact) mass is 247 g/mol. The Labute approximate surface area is 106 Å². The van der Waals surface area contributed by atoms with Gasteiger partial charge < -0.3 is 19.5 Å². The third kappa shape index (κ3) is 2.91. The predicted molar refractivity (Wildman–Crippen MR) is 70.5 cm³/mol. The van der Waals surface area contributed by atoms with E-state index in [1.807, 2.05) is 41.3 Å². The van der Waals surface area contributed by atoms with Crippen LogP contribution in [0.2, 0.25) is 0 Å². The van der Waals surface area contributed by atoms with E-state index >= 15 is 0 Å². The lowest BCUT2D eigenvalue weighted by Crippen LogP contribution is -2.29. The van der Waals surface area contributed by atoms with Crippen molar-refractivity contribution in [3.05, 3.63) is 42.7 Å². The van der Waals surface area contributed by atoms with Gasteiger partial charge >= 0.3 is 0 Å². The summed E-state index contributed by atoms with van der Waals surface area (Å²) in [5.41, 5.74) is 1.99. The van der Waals surface area contributed by atoms with Crippen LogP contribution < -0.4 is 4.90 Å². The van der Waals surface area contributed by atoms with Crippen molar-refractivity contribution >= 4 is 5.69 Å². The topological polar surface area (TPSA) is 56.8 Å². The Morgan fingerprint density at radius 3 is 2.11 bits per heavy atom. The molecule has 18 heavy (non-hydrogen) atoms. The lowest BCUT2D eigenvalue weighted by molar-refractivity contribution is 0.281. The first-order valence-electron chi connectivity index (χ1n) is 5.96. The summed E-state index contributed by atoms with van der Waals surface area (Å²) >= 11 is 0. The minimum atomic E-state index is 0.0694. The van der Waals surface area contributed by atoms with E-state index in [2.05, 4.69) is 0 Å². The summed E-state index contributed by atoms with van der Waals surface area (Å²) < 4.78 is 5.32. The summed E-state index contributed by atoms with van der Waals surface area (Å²) in [5.74, 6) is 0.831. The second kappa shape index (κ2) is 6.23. The Hall–Kier alpha value is -1.78. The van der Waals surface area contributed by atoms with Gasteiger partial charge in [0.15, 0.2) is 0 Å². The van der Waals surface area contributed by atoms with E-state index < -0.39 is 0 Å². The standard InChI is InChI=1S/C14H17NO3/c16-9-7-15(8-10-17)13-5-3-12(4-6-13)14-2-1-11-18-14/h1-6,11,16-17H,7-10H2. The summed E-state index contributed by atoms with van der Waals surface area (Å²) in [5, 5.41) is 18.0. The maximum Gasteiger partial charge on any atom is 0.133 e. The molecule has 0 spiro atoms. The molecule has 96 valence electrons. The van der Waals surface area contributed by atoms with Crippen molar-refractivity contribution in [1.82, 2.24) is 0 Å². The van der Waals surface area contributed by atoms with Crippen molar-refractivity contribution in [2.24, 2.45) is 0 Å². The number of anilines is 1. The van der Waals surface area contributed by atoms with Crippen LogP contribution in [0.1, 0.15) is 0 Å². The molecule has 1 heterocycles. The lowest BCUT2D eigenvalue weighted by atomic mass is 10.1. The van der Waals surface area contributed by atoms with Crippen molar-refractivity contribution in [3.63, 3.8) is 0 Å². The zero-order chi connectivity index (χ0) is 12.8. The molecule has 2 rings (SSSR count). The van der Waals surface area contributed by atoms with Gasteiger partial charge in [0.1, 0.15) is 5.76 Å². The molecule has 0 fully saturated rings. The highest BCUT2D eigenvalue weighted by Crippen LogP contribution is 2.23. The number of nitrogens with zero attached hydrogens (tertiary/aromatic N) is 1. The Kier molecular flexibility index (Phi) is 4.39. The van der Waals surface area contributed by atoms with E-state index in [4.69, 9.17) is 14.6 Å². The highest BCUT2D eigenvalue weighted by Gasteiger charge is 2.06. The fourth-order valence-electron chi connectivity index (χ4n) is 1.89. The van der Waals surface area contributed by atoms with Crippen molar-refractivity contribution < 1.29 is 14.6 Å². The van der Waals surface area contributed by atoms with E-state index in [1.165, 1.54) is 0 Å². The molecule has 1 aromatic carbocycles. The van der Waals surface area contributed by atoms with Gasteiger partial charge in [-0.05, 0) is 36.4 Å². The molecule has 4 nitrogen and oxygen atoms in total. The second-order valence-electron chi connectivity index (χ2n) is 3.96. The normalized spacial score (nSPS) is 10.6. The van der Waals surface area contributed by atoms with Gasteiger partial charge in [0.25, 0.3) is 0 Å². The second-order valence-corrected chi connectivity index (χ2v) is 3.96. The van der Waals surface area contributed by atoms with E-state index in [0.29, 0.717) is 13.1 Å². The Morgan fingerprint density at radius 1 is 0.944 bits per heavy atom. The molecule has 0 aliphatic rings. The van der Waals surface area contributed by atoms with Crippen LogP contribution in [0.4, 0.5) is 5.69 Å². The van der Waals surface area contributed by atoms with Gasteiger partial charge in [-0.3, -0.25) is 0 Å². The quantitative estimate of drug-likeness (QED) is 0.816. The summed E-state index contributed by atoms with van der Waals surface area (Å²) in [6.07, 6.45) is 1.65. The molecule has 4 heteroatoms. The van der Waals surface area contributed by atoms with Crippen LogP contribution in [-0.4, -0.2) is 36.5 Å². The van der Waals surface area contributed by atoms with Crippen LogP contribution in [0.15, 0.2) is 47.1 Å². The highest BCUT2D eigenvalue weighted by atomic mass is 16.3. The fraction of sp³-hybridized carbons (Fsp3) is 0.286. The molecule has 0 radical (unpaired) electrons. The maximum absolute atomic E-state index is 8.99. The van der Waals surface area contributed by atoms with Crippen LogP contribution in [0.5, 0.6) is 0 Å². The molecular formula is C14H17NO3. The van der Waals surface area contributed by atoms with Gasteiger partial charge in [-0.1, -0.05) is 0 Å². The first kappa shape index (κ1) is 12.7. The van der Waals surface area contributed by atoms with Crippen molar-refractivity contribution in [2.75, 3.05) is 31.2 Å². The van der Waals surface area contributed by atoms with Crippen LogP contribution in [0.25, 0.3) is 11.3 Å². The van der Waals surface area contributed by atoms with Crippen LogP contribution in [0, 0.1) is 0 Å². The highest BCUT2D eigenvalue weighted by molar-refractivity contribution is 5.61. The molecular weight excluding hydrogens is 230 g/mol. The molecule has 0 unspecified atom stereocenters. The lowest BCUT2D eigenvalue weighted by Gasteiger charge is -2.22. The van der Waals surface area contributed by atoms with Gasteiger partial charge in [0.05, 0.1) is 19.5 Å². The number of rotatable bonds is 6. The fourth-order valence-corrected chi connectivity index (χ4v) is 1.89. The van der Waals surface area contributed by atoms with Gasteiger partial charge in [-0.2, -0.15) is 0 Å². The largest absolute Gasteiger partial charge is 0.464 e. The predicted octanol–water partition coefficient (Wildman–Crippen LogP) is 1.74. The first-order valence-corrected chi connectivity index (χ1v) is 5.96. The molecule has 2 N–H and O–H groups in total.